The molecule has 0 amide bonds. The fourth-order valence-electron chi connectivity index (χ4n) is 2.21. The average molecular weight is 213 g/mol. The van der Waals surface area contributed by atoms with E-state index in [4.69, 9.17) is 5.11 Å². The van der Waals surface area contributed by atoms with Crippen molar-refractivity contribution < 1.29 is 9.90 Å². The van der Waals surface area contributed by atoms with Gasteiger partial charge in [-0.15, -0.1) is 0 Å². The first-order chi connectivity index (χ1) is 6.84. The minimum atomic E-state index is -0.686. The van der Waals surface area contributed by atoms with Crippen LogP contribution in [0.1, 0.15) is 39.5 Å². The molecule has 1 saturated carbocycles. The summed E-state index contributed by atoms with van der Waals surface area (Å²) in [5.74, 6) is 0.0206. The number of carboxylic acids is 1. The Bertz CT molecular complexity index is 232. The van der Waals surface area contributed by atoms with Crippen LogP contribution in [0, 0.1) is 11.3 Å². The second-order valence-electron chi connectivity index (χ2n) is 5.62. The molecule has 0 aromatic heterocycles. The van der Waals surface area contributed by atoms with Crippen LogP contribution in [0.3, 0.4) is 0 Å². The van der Waals surface area contributed by atoms with Gasteiger partial charge >= 0.3 is 5.97 Å². The van der Waals surface area contributed by atoms with Crippen molar-refractivity contribution in [1.82, 2.24) is 4.90 Å². The highest BCUT2D eigenvalue weighted by atomic mass is 16.4. The van der Waals surface area contributed by atoms with E-state index in [1.807, 2.05) is 13.8 Å². The zero-order chi connectivity index (χ0) is 11.6. The number of hydrogen-bond acceptors (Lipinski definition) is 2. The summed E-state index contributed by atoms with van der Waals surface area (Å²) in [4.78, 5) is 13.3. The van der Waals surface area contributed by atoms with E-state index >= 15 is 0 Å². The lowest BCUT2D eigenvalue weighted by Gasteiger charge is -2.40. The fourth-order valence-corrected chi connectivity index (χ4v) is 2.21. The number of hydrogen-bond donors (Lipinski definition) is 1. The Labute approximate surface area is 92.5 Å². The standard InChI is InChI=1S/C12H23NO2/c1-12(2,11(14)15)8-10(13(3)4)9-6-5-7-9/h9-10H,5-8H2,1-4H3,(H,14,15). The molecule has 88 valence electrons. The molecule has 0 spiro atoms. The summed E-state index contributed by atoms with van der Waals surface area (Å²) in [6, 6.07) is 0.421. The highest BCUT2D eigenvalue weighted by Gasteiger charge is 2.36. The van der Waals surface area contributed by atoms with Gasteiger partial charge in [-0.2, -0.15) is 0 Å². The van der Waals surface area contributed by atoms with Gasteiger partial charge in [-0.05, 0) is 53.1 Å². The quantitative estimate of drug-likeness (QED) is 0.761. The molecular formula is C12H23NO2. The van der Waals surface area contributed by atoms with E-state index in [-0.39, 0.29) is 0 Å². The minimum absolute atomic E-state index is 0.421. The van der Waals surface area contributed by atoms with Crippen LogP contribution in [0.15, 0.2) is 0 Å². The van der Waals surface area contributed by atoms with Crippen LogP contribution < -0.4 is 0 Å². The Morgan fingerprint density at radius 2 is 2.00 bits per heavy atom. The van der Waals surface area contributed by atoms with Crippen LogP contribution in [0.5, 0.6) is 0 Å². The number of aliphatic carboxylic acids is 1. The van der Waals surface area contributed by atoms with Crippen LogP contribution >= 0.6 is 0 Å². The van der Waals surface area contributed by atoms with Crippen molar-refractivity contribution >= 4 is 5.97 Å². The smallest absolute Gasteiger partial charge is 0.309 e. The molecule has 0 aromatic rings. The van der Waals surface area contributed by atoms with Gasteiger partial charge in [-0.3, -0.25) is 4.79 Å². The average Bonchev–Trinajstić information content (AvgIpc) is 1.98. The molecule has 0 radical (unpaired) electrons. The van der Waals surface area contributed by atoms with Gasteiger partial charge in [0.25, 0.3) is 0 Å². The topological polar surface area (TPSA) is 40.5 Å². The largest absolute Gasteiger partial charge is 0.481 e. The SMILES string of the molecule is CN(C)C(CC(C)(C)C(=O)O)C1CCC1. The first-order valence-corrected chi connectivity index (χ1v) is 5.74. The van der Waals surface area contributed by atoms with Crippen molar-refractivity contribution in [3.8, 4) is 0 Å². The second kappa shape index (κ2) is 4.52. The highest BCUT2D eigenvalue weighted by Crippen LogP contribution is 2.37. The molecule has 1 fully saturated rings. The van der Waals surface area contributed by atoms with Crippen LogP contribution in [0.4, 0.5) is 0 Å². The molecule has 0 aromatic carbocycles. The van der Waals surface area contributed by atoms with Crippen LogP contribution in [0.25, 0.3) is 0 Å². The van der Waals surface area contributed by atoms with E-state index in [2.05, 4.69) is 19.0 Å². The lowest BCUT2D eigenvalue weighted by Crippen LogP contribution is -2.43. The summed E-state index contributed by atoms with van der Waals surface area (Å²) < 4.78 is 0. The summed E-state index contributed by atoms with van der Waals surface area (Å²) in [5.41, 5.74) is -0.607. The Kier molecular flexibility index (Phi) is 3.77. The zero-order valence-electron chi connectivity index (χ0n) is 10.3. The van der Waals surface area contributed by atoms with Gasteiger partial charge in [0.15, 0.2) is 0 Å². The van der Waals surface area contributed by atoms with Gasteiger partial charge in [-0.25, -0.2) is 0 Å². The van der Waals surface area contributed by atoms with E-state index in [0.717, 1.165) is 6.42 Å². The van der Waals surface area contributed by atoms with E-state index < -0.39 is 11.4 Å². The number of rotatable bonds is 5. The Morgan fingerprint density at radius 3 is 2.27 bits per heavy atom. The number of carbonyl (C=O) groups is 1. The highest BCUT2D eigenvalue weighted by molar-refractivity contribution is 5.73. The third-order valence-corrected chi connectivity index (χ3v) is 3.66. The number of nitrogens with zero attached hydrogens (tertiary/aromatic N) is 1. The summed E-state index contributed by atoms with van der Waals surface area (Å²) >= 11 is 0. The summed E-state index contributed by atoms with van der Waals surface area (Å²) in [6.07, 6.45) is 4.58. The molecule has 0 heterocycles. The second-order valence-corrected chi connectivity index (χ2v) is 5.62. The lowest BCUT2D eigenvalue weighted by molar-refractivity contribution is -0.148. The predicted molar refractivity (Wildman–Crippen MR) is 60.8 cm³/mol. The normalized spacial score (nSPS) is 20.1. The fraction of sp³-hybridized carbons (Fsp3) is 0.917. The molecule has 1 aliphatic rings. The van der Waals surface area contributed by atoms with Crippen molar-refractivity contribution in [2.45, 2.75) is 45.6 Å². The van der Waals surface area contributed by atoms with Crippen LogP contribution in [0.2, 0.25) is 0 Å². The van der Waals surface area contributed by atoms with Gasteiger partial charge in [0.05, 0.1) is 5.41 Å². The summed E-state index contributed by atoms with van der Waals surface area (Å²) in [5, 5.41) is 9.13. The molecule has 0 aliphatic heterocycles. The maximum Gasteiger partial charge on any atom is 0.309 e. The van der Waals surface area contributed by atoms with Crippen molar-refractivity contribution in [3.63, 3.8) is 0 Å². The third-order valence-electron chi connectivity index (χ3n) is 3.66. The lowest BCUT2D eigenvalue weighted by atomic mass is 9.73. The van der Waals surface area contributed by atoms with Gasteiger partial charge in [0, 0.05) is 6.04 Å². The van der Waals surface area contributed by atoms with Gasteiger partial charge in [0.1, 0.15) is 0 Å². The number of carboxylic acid groups (broad SMARTS) is 1. The first kappa shape index (κ1) is 12.5. The van der Waals surface area contributed by atoms with Gasteiger partial charge in [-0.1, -0.05) is 6.42 Å². The Balaban J connectivity index is 2.61. The van der Waals surface area contributed by atoms with E-state index in [9.17, 15) is 4.79 Å². The zero-order valence-corrected chi connectivity index (χ0v) is 10.3. The molecular weight excluding hydrogens is 190 g/mol. The minimum Gasteiger partial charge on any atom is -0.481 e. The molecule has 3 nitrogen and oxygen atoms in total. The van der Waals surface area contributed by atoms with Crippen LogP contribution in [-0.2, 0) is 4.79 Å². The van der Waals surface area contributed by atoms with Crippen molar-refractivity contribution in [2.24, 2.45) is 11.3 Å². The summed E-state index contributed by atoms with van der Waals surface area (Å²) in [6.45, 7) is 3.65. The molecule has 15 heavy (non-hydrogen) atoms. The van der Waals surface area contributed by atoms with Gasteiger partial charge < -0.3 is 10.0 Å². The molecule has 1 aliphatic carbocycles. The molecule has 1 atom stereocenters. The molecule has 1 rings (SSSR count). The van der Waals surface area contributed by atoms with E-state index in [0.29, 0.717) is 12.0 Å². The predicted octanol–water partition coefficient (Wildman–Crippen LogP) is 2.22. The maximum absolute atomic E-state index is 11.1. The molecule has 0 bridgehead atoms. The molecule has 1 N–H and O–H groups in total. The maximum atomic E-state index is 11.1. The third kappa shape index (κ3) is 2.94. The van der Waals surface area contributed by atoms with Crippen LogP contribution in [-0.4, -0.2) is 36.1 Å². The van der Waals surface area contributed by atoms with Crippen molar-refractivity contribution in [1.29, 1.82) is 0 Å². The molecule has 0 saturated heterocycles. The van der Waals surface area contributed by atoms with Crippen molar-refractivity contribution in [2.75, 3.05) is 14.1 Å². The van der Waals surface area contributed by atoms with E-state index in [1.165, 1.54) is 19.3 Å². The molecule has 3 heteroatoms. The van der Waals surface area contributed by atoms with Crippen molar-refractivity contribution in [3.05, 3.63) is 0 Å². The Hall–Kier alpha value is -0.570. The molecule has 1 unspecified atom stereocenters. The van der Waals surface area contributed by atoms with Gasteiger partial charge in [0.2, 0.25) is 0 Å². The van der Waals surface area contributed by atoms with E-state index in [1.54, 1.807) is 0 Å². The monoisotopic (exact) mass is 213 g/mol. The Morgan fingerprint density at radius 1 is 1.47 bits per heavy atom. The summed E-state index contributed by atoms with van der Waals surface area (Å²) in [7, 11) is 4.11. The first-order valence-electron chi connectivity index (χ1n) is 5.74.